The Morgan fingerprint density at radius 2 is 2.09 bits per heavy atom. The highest BCUT2D eigenvalue weighted by Gasteiger charge is 2.32. The predicted molar refractivity (Wildman–Crippen MR) is 77.6 cm³/mol. The van der Waals surface area contributed by atoms with Crippen molar-refractivity contribution >= 4 is 5.91 Å². The van der Waals surface area contributed by atoms with E-state index in [1.54, 1.807) is 17.8 Å². The van der Waals surface area contributed by atoms with E-state index in [-0.39, 0.29) is 5.91 Å². The van der Waals surface area contributed by atoms with E-state index < -0.39 is 17.9 Å². The quantitative estimate of drug-likeness (QED) is 0.918. The van der Waals surface area contributed by atoms with E-state index in [4.69, 9.17) is 0 Å². The lowest BCUT2D eigenvalue weighted by atomic mass is 10.1. The summed E-state index contributed by atoms with van der Waals surface area (Å²) in [6, 6.07) is 1.74. The van der Waals surface area contributed by atoms with Crippen molar-refractivity contribution < 1.29 is 18.0 Å². The maximum atomic E-state index is 12.5. The first kappa shape index (κ1) is 17.0. The molecule has 2 rings (SSSR count). The summed E-state index contributed by atoms with van der Waals surface area (Å²) in [7, 11) is 0. The molecule has 0 aliphatic heterocycles. The summed E-state index contributed by atoms with van der Waals surface area (Å²) in [6.07, 6.45) is 0.642. The third-order valence-electron chi connectivity index (χ3n) is 3.27. The SMILES string of the molecule is CCCn1cc(C(=O)N[C@H](C)c2ccc(C(F)(F)F)nc2)cn1. The minimum absolute atomic E-state index is 0.334. The fourth-order valence-electron chi connectivity index (χ4n) is 2.02. The molecule has 0 saturated heterocycles. The summed E-state index contributed by atoms with van der Waals surface area (Å²) >= 11 is 0. The average Bonchev–Trinajstić information content (AvgIpc) is 2.95. The van der Waals surface area contributed by atoms with E-state index in [9.17, 15) is 18.0 Å². The molecule has 0 aliphatic rings. The molecular weight excluding hydrogens is 309 g/mol. The fraction of sp³-hybridized carbons (Fsp3) is 0.400. The van der Waals surface area contributed by atoms with Crippen LogP contribution in [0.1, 0.15) is 47.9 Å². The number of aromatic nitrogens is 3. The Hall–Kier alpha value is -2.38. The highest BCUT2D eigenvalue weighted by atomic mass is 19.4. The van der Waals surface area contributed by atoms with Crippen LogP contribution in [0.15, 0.2) is 30.7 Å². The number of carbonyl (C=O) groups excluding carboxylic acids is 1. The van der Waals surface area contributed by atoms with Gasteiger partial charge in [0.15, 0.2) is 0 Å². The van der Waals surface area contributed by atoms with Gasteiger partial charge in [0, 0.05) is 18.9 Å². The lowest BCUT2D eigenvalue weighted by Gasteiger charge is -2.14. The number of amides is 1. The number of carbonyl (C=O) groups is 1. The maximum absolute atomic E-state index is 12.5. The minimum atomic E-state index is -4.47. The fourth-order valence-corrected chi connectivity index (χ4v) is 2.02. The first-order valence-corrected chi connectivity index (χ1v) is 7.17. The van der Waals surface area contributed by atoms with Gasteiger partial charge < -0.3 is 5.32 Å². The van der Waals surface area contributed by atoms with Crippen LogP contribution in [0.25, 0.3) is 0 Å². The van der Waals surface area contributed by atoms with Crippen molar-refractivity contribution in [1.29, 1.82) is 0 Å². The Morgan fingerprint density at radius 1 is 1.35 bits per heavy atom. The number of nitrogens with zero attached hydrogens (tertiary/aromatic N) is 3. The van der Waals surface area contributed by atoms with Crippen LogP contribution in [-0.2, 0) is 12.7 Å². The van der Waals surface area contributed by atoms with Crippen LogP contribution in [0.2, 0.25) is 0 Å². The van der Waals surface area contributed by atoms with Crippen LogP contribution in [0.3, 0.4) is 0 Å². The maximum Gasteiger partial charge on any atom is 0.433 e. The van der Waals surface area contributed by atoms with Gasteiger partial charge in [0.2, 0.25) is 0 Å². The van der Waals surface area contributed by atoms with Crippen LogP contribution in [-0.4, -0.2) is 20.7 Å². The van der Waals surface area contributed by atoms with Crippen LogP contribution in [0, 0.1) is 0 Å². The first-order chi connectivity index (χ1) is 10.8. The zero-order chi connectivity index (χ0) is 17.0. The minimum Gasteiger partial charge on any atom is -0.345 e. The Morgan fingerprint density at radius 3 is 2.65 bits per heavy atom. The van der Waals surface area contributed by atoms with Crippen LogP contribution >= 0.6 is 0 Å². The van der Waals surface area contributed by atoms with Gasteiger partial charge in [-0.1, -0.05) is 13.0 Å². The van der Waals surface area contributed by atoms with Gasteiger partial charge in [-0.25, -0.2) is 0 Å². The molecule has 1 atom stereocenters. The Bertz CT molecular complexity index is 664. The summed E-state index contributed by atoms with van der Waals surface area (Å²) in [4.78, 5) is 15.5. The molecule has 0 saturated carbocycles. The molecule has 5 nitrogen and oxygen atoms in total. The van der Waals surface area contributed by atoms with Crippen LogP contribution in [0.5, 0.6) is 0 Å². The number of pyridine rings is 1. The second kappa shape index (κ2) is 6.80. The van der Waals surface area contributed by atoms with Gasteiger partial charge in [-0.3, -0.25) is 14.5 Å². The van der Waals surface area contributed by atoms with E-state index in [1.165, 1.54) is 12.3 Å². The summed E-state index contributed by atoms with van der Waals surface area (Å²) in [5.74, 6) is -0.334. The Balaban J connectivity index is 2.02. The lowest BCUT2D eigenvalue weighted by molar-refractivity contribution is -0.141. The second-order valence-electron chi connectivity index (χ2n) is 5.16. The van der Waals surface area contributed by atoms with E-state index >= 15 is 0 Å². The number of aryl methyl sites for hydroxylation is 1. The zero-order valence-corrected chi connectivity index (χ0v) is 12.8. The molecule has 2 aromatic heterocycles. The van der Waals surface area contributed by atoms with Crippen LogP contribution in [0.4, 0.5) is 13.2 Å². The number of alkyl halides is 3. The molecule has 0 spiro atoms. The number of nitrogens with one attached hydrogen (secondary N) is 1. The summed E-state index contributed by atoms with van der Waals surface area (Å²) in [5.41, 5.74) is -0.0573. The van der Waals surface area contributed by atoms with Gasteiger partial charge in [-0.05, 0) is 25.0 Å². The van der Waals surface area contributed by atoms with Crippen LogP contribution < -0.4 is 5.32 Å². The van der Waals surface area contributed by atoms with Crippen molar-refractivity contribution in [1.82, 2.24) is 20.1 Å². The Kier molecular flexibility index (Phi) is 5.02. The highest BCUT2D eigenvalue weighted by molar-refractivity contribution is 5.93. The average molecular weight is 326 g/mol. The number of halogens is 3. The van der Waals surface area contributed by atoms with Gasteiger partial charge in [0.1, 0.15) is 5.69 Å². The van der Waals surface area contributed by atoms with Gasteiger partial charge >= 0.3 is 6.18 Å². The summed E-state index contributed by atoms with van der Waals surface area (Å²) in [6.45, 7) is 4.39. The molecule has 0 aromatic carbocycles. The zero-order valence-electron chi connectivity index (χ0n) is 12.8. The van der Waals surface area contributed by atoms with E-state index in [2.05, 4.69) is 15.4 Å². The lowest BCUT2D eigenvalue weighted by Crippen LogP contribution is -2.26. The van der Waals surface area contributed by atoms with Crippen molar-refractivity contribution in [3.05, 3.63) is 47.5 Å². The summed E-state index contributed by atoms with van der Waals surface area (Å²) in [5, 5.41) is 6.78. The van der Waals surface area contributed by atoms with Gasteiger partial charge in [-0.15, -0.1) is 0 Å². The van der Waals surface area contributed by atoms with Crippen molar-refractivity contribution in [2.75, 3.05) is 0 Å². The molecule has 0 fully saturated rings. The monoisotopic (exact) mass is 326 g/mol. The topological polar surface area (TPSA) is 59.8 Å². The molecule has 23 heavy (non-hydrogen) atoms. The molecular formula is C15H17F3N4O. The van der Waals surface area contributed by atoms with Gasteiger partial charge in [-0.2, -0.15) is 18.3 Å². The molecule has 2 heterocycles. The predicted octanol–water partition coefficient (Wildman–Crippen LogP) is 3.20. The van der Waals surface area contributed by atoms with Crippen molar-refractivity contribution in [3.63, 3.8) is 0 Å². The first-order valence-electron chi connectivity index (χ1n) is 7.17. The largest absolute Gasteiger partial charge is 0.433 e. The molecule has 0 bridgehead atoms. The van der Waals surface area contributed by atoms with E-state index in [0.29, 0.717) is 17.7 Å². The molecule has 8 heteroatoms. The molecule has 1 amide bonds. The Labute approximate surface area is 131 Å². The summed E-state index contributed by atoms with van der Waals surface area (Å²) < 4.78 is 39.1. The second-order valence-corrected chi connectivity index (χ2v) is 5.16. The number of hydrogen-bond acceptors (Lipinski definition) is 3. The third kappa shape index (κ3) is 4.30. The molecule has 0 unspecified atom stereocenters. The molecule has 1 N–H and O–H groups in total. The van der Waals surface area contributed by atoms with Gasteiger partial charge in [0.05, 0.1) is 17.8 Å². The van der Waals surface area contributed by atoms with E-state index in [0.717, 1.165) is 18.7 Å². The third-order valence-corrected chi connectivity index (χ3v) is 3.27. The van der Waals surface area contributed by atoms with Gasteiger partial charge in [0.25, 0.3) is 5.91 Å². The highest BCUT2D eigenvalue weighted by Crippen LogP contribution is 2.27. The standard InChI is InChI=1S/C15H17F3N4O/c1-3-6-22-9-12(8-20-22)14(23)21-10(2)11-4-5-13(19-7-11)15(16,17)18/h4-5,7-10H,3,6H2,1-2H3,(H,21,23)/t10-/m1/s1. The van der Waals surface area contributed by atoms with E-state index in [1.807, 2.05) is 6.92 Å². The number of rotatable bonds is 5. The molecule has 0 aliphatic carbocycles. The van der Waals surface area contributed by atoms with Crippen molar-refractivity contribution in [3.8, 4) is 0 Å². The van der Waals surface area contributed by atoms with Crippen molar-refractivity contribution in [2.24, 2.45) is 0 Å². The molecule has 0 radical (unpaired) electrons. The smallest absolute Gasteiger partial charge is 0.345 e. The number of hydrogen-bond donors (Lipinski definition) is 1. The van der Waals surface area contributed by atoms with Crippen molar-refractivity contribution in [2.45, 2.75) is 39.0 Å². The molecule has 2 aromatic rings. The normalized spacial score (nSPS) is 12.9. The molecule has 124 valence electrons.